The molecular weight excluding hydrogens is 320 g/mol. The molecule has 0 saturated carbocycles. The molecule has 23 heavy (non-hydrogen) atoms. The van der Waals surface area contributed by atoms with Crippen LogP contribution in [0.15, 0.2) is 23.1 Å². The van der Waals surface area contributed by atoms with Gasteiger partial charge in [-0.2, -0.15) is 4.31 Å². The third-order valence-corrected chi connectivity index (χ3v) is 5.98. The standard InChI is InChI=1S/C15H22N2O5S/c1-17(11-6-8-16-9-7-11)23(19,20)12-4-5-14(21-2)13(10-12)15(18)22-3/h4-5,10-11,16H,6-9H2,1-3H3. The summed E-state index contributed by atoms with van der Waals surface area (Å²) in [4.78, 5) is 11.9. The minimum atomic E-state index is -3.69. The second-order valence-corrected chi connectivity index (χ2v) is 7.35. The predicted molar refractivity (Wildman–Crippen MR) is 85.2 cm³/mol. The van der Waals surface area contributed by atoms with E-state index in [2.05, 4.69) is 10.1 Å². The Balaban J connectivity index is 2.37. The molecule has 0 radical (unpaired) electrons. The van der Waals surface area contributed by atoms with E-state index < -0.39 is 16.0 Å². The van der Waals surface area contributed by atoms with Crippen LogP contribution in [0.2, 0.25) is 0 Å². The molecule has 1 N–H and O–H groups in total. The Bertz CT molecular complexity index is 668. The number of sulfonamides is 1. The number of nitrogens with zero attached hydrogens (tertiary/aromatic N) is 1. The first kappa shape index (κ1) is 17.7. The topological polar surface area (TPSA) is 84.9 Å². The average Bonchev–Trinajstić information content (AvgIpc) is 2.60. The van der Waals surface area contributed by atoms with Crippen LogP contribution in [0.3, 0.4) is 0 Å². The van der Waals surface area contributed by atoms with Gasteiger partial charge in [-0.05, 0) is 44.1 Å². The molecule has 1 aromatic rings. The van der Waals surface area contributed by atoms with E-state index in [1.165, 1.54) is 36.7 Å². The number of carbonyl (C=O) groups is 1. The van der Waals surface area contributed by atoms with Gasteiger partial charge in [-0.25, -0.2) is 13.2 Å². The maximum atomic E-state index is 12.8. The summed E-state index contributed by atoms with van der Waals surface area (Å²) in [5.41, 5.74) is 0.0924. The van der Waals surface area contributed by atoms with E-state index in [4.69, 9.17) is 4.74 Å². The molecule has 0 aliphatic carbocycles. The lowest BCUT2D eigenvalue weighted by Gasteiger charge is -2.31. The van der Waals surface area contributed by atoms with Gasteiger partial charge in [0.25, 0.3) is 0 Å². The van der Waals surface area contributed by atoms with Crippen LogP contribution < -0.4 is 10.1 Å². The van der Waals surface area contributed by atoms with Gasteiger partial charge in [0, 0.05) is 13.1 Å². The molecule has 1 heterocycles. The molecule has 1 aliphatic rings. The van der Waals surface area contributed by atoms with Crippen LogP contribution in [-0.4, -0.2) is 59.1 Å². The Morgan fingerprint density at radius 3 is 2.48 bits per heavy atom. The molecule has 128 valence electrons. The number of hydrogen-bond acceptors (Lipinski definition) is 6. The number of carbonyl (C=O) groups excluding carboxylic acids is 1. The molecule has 0 bridgehead atoms. The highest BCUT2D eigenvalue weighted by Gasteiger charge is 2.30. The van der Waals surface area contributed by atoms with Gasteiger partial charge in [-0.15, -0.1) is 0 Å². The number of piperidine rings is 1. The molecule has 1 fully saturated rings. The summed E-state index contributed by atoms with van der Waals surface area (Å²) in [6.45, 7) is 1.58. The summed E-state index contributed by atoms with van der Waals surface area (Å²) < 4.78 is 36.8. The van der Waals surface area contributed by atoms with Crippen molar-refractivity contribution >= 4 is 16.0 Å². The minimum absolute atomic E-state index is 0.0510. The van der Waals surface area contributed by atoms with Gasteiger partial charge in [-0.1, -0.05) is 0 Å². The second kappa shape index (κ2) is 7.29. The zero-order valence-electron chi connectivity index (χ0n) is 13.5. The van der Waals surface area contributed by atoms with Gasteiger partial charge < -0.3 is 14.8 Å². The number of esters is 1. The van der Waals surface area contributed by atoms with E-state index in [1.54, 1.807) is 7.05 Å². The maximum absolute atomic E-state index is 12.8. The average molecular weight is 342 g/mol. The van der Waals surface area contributed by atoms with Crippen LogP contribution in [0, 0.1) is 0 Å². The van der Waals surface area contributed by atoms with Crippen LogP contribution >= 0.6 is 0 Å². The molecule has 0 unspecified atom stereocenters. The Labute approximate surface area is 136 Å². The molecule has 2 rings (SSSR count). The fourth-order valence-electron chi connectivity index (χ4n) is 2.65. The maximum Gasteiger partial charge on any atom is 0.341 e. The highest BCUT2D eigenvalue weighted by Crippen LogP contribution is 2.26. The first-order chi connectivity index (χ1) is 10.9. The molecule has 1 aromatic carbocycles. The highest BCUT2D eigenvalue weighted by atomic mass is 32.2. The van der Waals surface area contributed by atoms with Crippen molar-refractivity contribution in [2.24, 2.45) is 0 Å². The number of nitrogens with one attached hydrogen (secondary N) is 1. The fourth-order valence-corrected chi connectivity index (χ4v) is 4.09. The first-order valence-corrected chi connectivity index (χ1v) is 8.81. The fraction of sp³-hybridized carbons (Fsp3) is 0.533. The van der Waals surface area contributed by atoms with Gasteiger partial charge in [0.2, 0.25) is 10.0 Å². The number of benzene rings is 1. The van der Waals surface area contributed by atoms with Crippen LogP contribution in [0.1, 0.15) is 23.2 Å². The molecule has 1 saturated heterocycles. The second-order valence-electron chi connectivity index (χ2n) is 5.36. The van der Waals surface area contributed by atoms with Crippen LogP contribution in [0.25, 0.3) is 0 Å². The van der Waals surface area contributed by atoms with Gasteiger partial charge in [-0.3, -0.25) is 0 Å². The zero-order valence-corrected chi connectivity index (χ0v) is 14.4. The van der Waals surface area contributed by atoms with Gasteiger partial charge in [0.05, 0.1) is 19.1 Å². The van der Waals surface area contributed by atoms with Crippen molar-refractivity contribution in [3.63, 3.8) is 0 Å². The largest absolute Gasteiger partial charge is 0.496 e. The molecule has 0 spiro atoms. The normalized spacial score (nSPS) is 16.3. The van der Waals surface area contributed by atoms with Gasteiger partial charge in [0.1, 0.15) is 11.3 Å². The van der Waals surface area contributed by atoms with Crippen molar-refractivity contribution in [2.75, 3.05) is 34.4 Å². The molecule has 1 aliphatic heterocycles. The lowest BCUT2D eigenvalue weighted by atomic mass is 10.1. The third kappa shape index (κ3) is 3.65. The van der Waals surface area contributed by atoms with E-state index >= 15 is 0 Å². The number of hydrogen-bond donors (Lipinski definition) is 1. The van der Waals surface area contributed by atoms with Crippen molar-refractivity contribution < 1.29 is 22.7 Å². The van der Waals surface area contributed by atoms with Crippen molar-refractivity contribution in [1.82, 2.24) is 9.62 Å². The van der Waals surface area contributed by atoms with Crippen LogP contribution in [0.5, 0.6) is 5.75 Å². The predicted octanol–water partition coefficient (Wildman–Crippen LogP) is 0.854. The summed E-state index contributed by atoms with van der Waals surface area (Å²) in [6.07, 6.45) is 1.52. The van der Waals surface area contributed by atoms with Crippen molar-refractivity contribution in [3.8, 4) is 5.75 Å². The Hall–Kier alpha value is -1.64. The quantitative estimate of drug-likeness (QED) is 0.799. The lowest BCUT2D eigenvalue weighted by Crippen LogP contribution is -2.43. The smallest absolute Gasteiger partial charge is 0.341 e. The monoisotopic (exact) mass is 342 g/mol. The van der Waals surface area contributed by atoms with E-state index in [9.17, 15) is 13.2 Å². The highest BCUT2D eigenvalue weighted by molar-refractivity contribution is 7.89. The molecule has 0 atom stereocenters. The molecule has 7 nitrogen and oxygen atoms in total. The summed E-state index contributed by atoms with van der Waals surface area (Å²) in [6, 6.07) is 4.16. The van der Waals surface area contributed by atoms with Gasteiger partial charge >= 0.3 is 5.97 Å². The molecule has 8 heteroatoms. The zero-order chi connectivity index (χ0) is 17.0. The van der Waals surface area contributed by atoms with Crippen molar-refractivity contribution in [3.05, 3.63) is 23.8 Å². The van der Waals surface area contributed by atoms with E-state index in [-0.39, 0.29) is 22.3 Å². The molecule has 0 amide bonds. The summed E-state index contributed by atoms with van der Waals surface area (Å²) in [7, 11) is 0.545. The Morgan fingerprint density at radius 1 is 1.26 bits per heavy atom. The van der Waals surface area contributed by atoms with Crippen LogP contribution in [0.4, 0.5) is 0 Å². The Kier molecular flexibility index (Phi) is 5.61. The lowest BCUT2D eigenvalue weighted by molar-refractivity contribution is 0.0597. The Morgan fingerprint density at radius 2 is 1.91 bits per heavy atom. The minimum Gasteiger partial charge on any atom is -0.496 e. The number of methoxy groups -OCH3 is 2. The van der Waals surface area contributed by atoms with E-state index in [0.29, 0.717) is 0 Å². The number of ether oxygens (including phenoxy) is 2. The van der Waals surface area contributed by atoms with Crippen LogP contribution in [-0.2, 0) is 14.8 Å². The molecule has 0 aromatic heterocycles. The van der Waals surface area contributed by atoms with Crippen molar-refractivity contribution in [1.29, 1.82) is 0 Å². The first-order valence-electron chi connectivity index (χ1n) is 7.37. The van der Waals surface area contributed by atoms with Crippen molar-refractivity contribution in [2.45, 2.75) is 23.8 Å². The summed E-state index contributed by atoms with van der Waals surface area (Å²) in [5, 5.41) is 3.21. The summed E-state index contributed by atoms with van der Waals surface area (Å²) in [5.74, 6) is -0.358. The molecular formula is C15H22N2O5S. The van der Waals surface area contributed by atoms with E-state index in [0.717, 1.165) is 25.9 Å². The van der Waals surface area contributed by atoms with E-state index in [1.807, 2.05) is 0 Å². The SMILES string of the molecule is COC(=O)c1cc(S(=O)(=O)N(C)C2CCNCC2)ccc1OC. The number of rotatable bonds is 5. The van der Waals surface area contributed by atoms with Gasteiger partial charge in [0.15, 0.2) is 0 Å². The third-order valence-electron chi connectivity index (χ3n) is 4.08. The summed E-state index contributed by atoms with van der Waals surface area (Å²) >= 11 is 0.